The minimum Gasteiger partial charge on any atom is -0.493 e. The highest BCUT2D eigenvalue weighted by Gasteiger charge is 2.14. The molecule has 0 aliphatic heterocycles. The Balaban J connectivity index is 1.89. The number of rotatable bonds is 7. The van der Waals surface area contributed by atoms with E-state index in [0.29, 0.717) is 23.3 Å². The van der Waals surface area contributed by atoms with Gasteiger partial charge in [-0.15, -0.1) is 0 Å². The molecule has 2 amide bonds. The van der Waals surface area contributed by atoms with Crippen LogP contribution in [0, 0.1) is 17.5 Å². The molecular formula is C18H20F3N3O3. The normalized spacial score (nSPS) is 11.6. The third kappa shape index (κ3) is 5.52. The third-order valence-electron chi connectivity index (χ3n) is 3.74. The van der Waals surface area contributed by atoms with Crippen molar-refractivity contribution in [1.29, 1.82) is 0 Å². The lowest BCUT2D eigenvalue weighted by Gasteiger charge is -2.15. The van der Waals surface area contributed by atoms with Crippen LogP contribution in [0.1, 0.15) is 5.56 Å². The van der Waals surface area contributed by atoms with Crippen molar-refractivity contribution in [2.24, 2.45) is 5.73 Å². The molecule has 1 unspecified atom stereocenters. The van der Waals surface area contributed by atoms with Crippen molar-refractivity contribution in [2.75, 3.05) is 26.1 Å². The number of carbonyl (C=O) groups is 1. The molecule has 0 saturated carbocycles. The molecule has 0 bridgehead atoms. The van der Waals surface area contributed by atoms with Crippen LogP contribution in [0.25, 0.3) is 0 Å². The topological polar surface area (TPSA) is 85.6 Å². The number of benzene rings is 2. The number of anilines is 1. The summed E-state index contributed by atoms with van der Waals surface area (Å²) in [6.45, 7) is -0.00242. The van der Waals surface area contributed by atoms with Gasteiger partial charge in [-0.1, -0.05) is 0 Å². The predicted octanol–water partition coefficient (Wildman–Crippen LogP) is 2.81. The van der Waals surface area contributed by atoms with Crippen LogP contribution in [-0.4, -0.2) is 32.8 Å². The van der Waals surface area contributed by atoms with Gasteiger partial charge >= 0.3 is 6.03 Å². The molecule has 2 rings (SSSR count). The van der Waals surface area contributed by atoms with E-state index >= 15 is 0 Å². The number of nitrogens with one attached hydrogen (secondary N) is 2. The maximum Gasteiger partial charge on any atom is 0.319 e. The van der Waals surface area contributed by atoms with Crippen molar-refractivity contribution >= 4 is 11.7 Å². The molecule has 4 N–H and O–H groups in total. The third-order valence-corrected chi connectivity index (χ3v) is 3.74. The van der Waals surface area contributed by atoms with Crippen molar-refractivity contribution in [3.63, 3.8) is 0 Å². The van der Waals surface area contributed by atoms with Gasteiger partial charge in [0.2, 0.25) is 0 Å². The highest BCUT2D eigenvalue weighted by Crippen LogP contribution is 2.29. The molecular weight excluding hydrogens is 363 g/mol. The van der Waals surface area contributed by atoms with E-state index in [1.165, 1.54) is 14.2 Å². The van der Waals surface area contributed by atoms with Crippen molar-refractivity contribution in [1.82, 2.24) is 5.32 Å². The minimum atomic E-state index is -1.27. The second kappa shape index (κ2) is 9.13. The van der Waals surface area contributed by atoms with E-state index in [1.54, 1.807) is 18.2 Å². The molecule has 2 aromatic rings. The summed E-state index contributed by atoms with van der Waals surface area (Å²) >= 11 is 0. The zero-order valence-corrected chi connectivity index (χ0v) is 14.8. The summed E-state index contributed by atoms with van der Waals surface area (Å²) in [5.41, 5.74) is 6.22. The fourth-order valence-electron chi connectivity index (χ4n) is 2.39. The number of ether oxygens (including phenoxy) is 2. The molecule has 1 atom stereocenters. The Hall–Kier alpha value is -2.94. The van der Waals surface area contributed by atoms with E-state index < -0.39 is 29.5 Å². The SMILES string of the molecule is COc1ccc(NC(=O)NCC(N)Cc2cc(F)c(F)cc2F)cc1OC. The Morgan fingerprint density at radius 3 is 2.37 bits per heavy atom. The molecule has 27 heavy (non-hydrogen) atoms. The van der Waals surface area contributed by atoms with Crippen molar-refractivity contribution in [2.45, 2.75) is 12.5 Å². The van der Waals surface area contributed by atoms with E-state index in [-0.39, 0.29) is 18.5 Å². The van der Waals surface area contributed by atoms with E-state index in [0.717, 1.165) is 6.07 Å². The van der Waals surface area contributed by atoms with Gasteiger partial charge in [0.05, 0.1) is 14.2 Å². The summed E-state index contributed by atoms with van der Waals surface area (Å²) in [5.74, 6) is -2.35. The Morgan fingerprint density at radius 2 is 1.70 bits per heavy atom. The number of carbonyl (C=O) groups excluding carboxylic acids is 1. The number of halogens is 3. The zero-order chi connectivity index (χ0) is 20.0. The average Bonchev–Trinajstić information content (AvgIpc) is 2.64. The van der Waals surface area contributed by atoms with Gasteiger partial charge < -0.3 is 25.8 Å². The maximum absolute atomic E-state index is 13.6. The molecule has 0 aliphatic rings. The first-order chi connectivity index (χ1) is 12.8. The number of hydrogen-bond donors (Lipinski definition) is 3. The first-order valence-electron chi connectivity index (χ1n) is 8.00. The molecule has 0 fully saturated rings. The van der Waals surface area contributed by atoms with Gasteiger partial charge in [0.15, 0.2) is 23.1 Å². The zero-order valence-electron chi connectivity index (χ0n) is 14.8. The lowest BCUT2D eigenvalue weighted by atomic mass is 10.1. The molecule has 0 radical (unpaired) electrons. The average molecular weight is 383 g/mol. The number of nitrogens with two attached hydrogens (primary N) is 1. The summed E-state index contributed by atoms with van der Waals surface area (Å²) in [6, 6.07) is 4.82. The van der Waals surface area contributed by atoms with Gasteiger partial charge in [-0.2, -0.15) is 0 Å². The first kappa shape index (κ1) is 20.4. The lowest BCUT2D eigenvalue weighted by Crippen LogP contribution is -2.40. The number of hydrogen-bond acceptors (Lipinski definition) is 4. The second-order valence-corrected chi connectivity index (χ2v) is 5.73. The van der Waals surface area contributed by atoms with Crippen LogP contribution in [0.5, 0.6) is 11.5 Å². The Kier molecular flexibility index (Phi) is 6.89. The van der Waals surface area contributed by atoms with Crippen molar-refractivity contribution in [3.05, 3.63) is 53.3 Å². The largest absolute Gasteiger partial charge is 0.493 e. The minimum absolute atomic E-state index is 0.00242. The Morgan fingerprint density at radius 1 is 1.04 bits per heavy atom. The van der Waals surface area contributed by atoms with Crippen molar-refractivity contribution < 1.29 is 27.4 Å². The summed E-state index contributed by atoms with van der Waals surface area (Å²) in [5, 5.41) is 5.12. The van der Waals surface area contributed by atoms with Crippen LogP contribution in [0.15, 0.2) is 30.3 Å². The molecule has 0 spiro atoms. The monoisotopic (exact) mass is 383 g/mol. The maximum atomic E-state index is 13.6. The Bertz CT molecular complexity index is 818. The summed E-state index contributed by atoms with van der Waals surface area (Å²) < 4.78 is 50.0. The van der Waals surface area contributed by atoms with Gasteiger partial charge in [0.25, 0.3) is 0 Å². The number of amides is 2. The first-order valence-corrected chi connectivity index (χ1v) is 8.00. The summed E-state index contributed by atoms with van der Waals surface area (Å²) in [6.07, 6.45) is -0.0698. The van der Waals surface area contributed by atoms with Crippen LogP contribution in [0.3, 0.4) is 0 Å². The van der Waals surface area contributed by atoms with E-state index in [1.807, 2.05) is 0 Å². The summed E-state index contributed by atoms with van der Waals surface area (Å²) in [4.78, 5) is 12.0. The van der Waals surface area contributed by atoms with Gasteiger partial charge in [-0.3, -0.25) is 0 Å². The molecule has 9 heteroatoms. The van der Waals surface area contributed by atoms with Crippen LogP contribution in [-0.2, 0) is 6.42 Å². The highest BCUT2D eigenvalue weighted by atomic mass is 19.2. The molecule has 0 aliphatic carbocycles. The number of urea groups is 1. The quantitative estimate of drug-likeness (QED) is 0.642. The van der Waals surface area contributed by atoms with Gasteiger partial charge in [-0.25, -0.2) is 18.0 Å². The fourth-order valence-corrected chi connectivity index (χ4v) is 2.39. The predicted molar refractivity (Wildman–Crippen MR) is 94.6 cm³/mol. The van der Waals surface area contributed by atoms with Gasteiger partial charge in [0.1, 0.15) is 5.82 Å². The molecule has 0 saturated heterocycles. The van der Waals surface area contributed by atoms with Crippen molar-refractivity contribution in [3.8, 4) is 11.5 Å². The van der Waals surface area contributed by atoms with Gasteiger partial charge in [-0.05, 0) is 30.2 Å². The fraction of sp³-hybridized carbons (Fsp3) is 0.278. The van der Waals surface area contributed by atoms with Gasteiger partial charge in [0, 0.05) is 30.4 Å². The molecule has 0 heterocycles. The van der Waals surface area contributed by atoms with Crippen LogP contribution < -0.4 is 25.8 Å². The van der Waals surface area contributed by atoms with E-state index in [4.69, 9.17) is 15.2 Å². The molecule has 0 aromatic heterocycles. The second-order valence-electron chi connectivity index (χ2n) is 5.73. The van der Waals surface area contributed by atoms with E-state index in [2.05, 4.69) is 10.6 Å². The molecule has 6 nitrogen and oxygen atoms in total. The van der Waals surface area contributed by atoms with Crippen LogP contribution in [0.4, 0.5) is 23.7 Å². The summed E-state index contributed by atoms with van der Waals surface area (Å²) in [7, 11) is 2.97. The number of methoxy groups -OCH3 is 2. The lowest BCUT2D eigenvalue weighted by molar-refractivity contribution is 0.251. The van der Waals surface area contributed by atoms with E-state index in [9.17, 15) is 18.0 Å². The van der Waals surface area contributed by atoms with Crippen LogP contribution in [0.2, 0.25) is 0 Å². The standard InChI is InChI=1S/C18H20F3N3O3/c1-26-16-4-3-12(7-17(16)27-2)24-18(25)23-9-11(22)5-10-6-14(20)15(21)8-13(10)19/h3-4,6-8,11H,5,9,22H2,1-2H3,(H2,23,24,25). The smallest absolute Gasteiger partial charge is 0.319 e. The highest BCUT2D eigenvalue weighted by molar-refractivity contribution is 5.89. The molecule has 146 valence electrons. The molecule has 2 aromatic carbocycles. The Labute approximate surface area is 154 Å². The van der Waals surface area contributed by atoms with Crippen LogP contribution >= 0.6 is 0 Å².